The van der Waals surface area contributed by atoms with Crippen molar-refractivity contribution in [3.63, 3.8) is 0 Å². The molecule has 3 rings (SSSR count). The van der Waals surface area contributed by atoms with E-state index in [4.69, 9.17) is 19.6 Å². The van der Waals surface area contributed by atoms with Crippen molar-refractivity contribution < 1.29 is 47.7 Å². The van der Waals surface area contributed by atoms with Crippen molar-refractivity contribution in [2.24, 2.45) is 0 Å². The lowest BCUT2D eigenvalue weighted by Gasteiger charge is -2.21. The van der Waals surface area contributed by atoms with E-state index in [1.165, 1.54) is 54.6 Å². The summed E-state index contributed by atoms with van der Waals surface area (Å²) in [7, 11) is -9.48. The van der Waals surface area contributed by atoms with Gasteiger partial charge in [0, 0.05) is 5.92 Å². The number of phosphoric acid groups is 2. The van der Waals surface area contributed by atoms with Crippen LogP contribution in [0.25, 0.3) is 0 Å². The third-order valence-corrected chi connectivity index (χ3v) is 5.28. The molecule has 3 aromatic carbocycles. The summed E-state index contributed by atoms with van der Waals surface area (Å²) in [6.45, 7) is 0. The van der Waals surface area contributed by atoms with Gasteiger partial charge < -0.3 is 14.2 Å². The molecule has 32 heavy (non-hydrogen) atoms. The Hall–Kier alpha value is -2.97. The van der Waals surface area contributed by atoms with Gasteiger partial charge >= 0.3 is 21.6 Å². The molecular weight excluding hydrogens is 462 g/mol. The highest BCUT2D eigenvalue weighted by atomic mass is 31.2. The molecule has 0 saturated heterocycles. The first-order chi connectivity index (χ1) is 14.9. The van der Waals surface area contributed by atoms with Gasteiger partial charge in [0.25, 0.3) is 0 Å². The van der Waals surface area contributed by atoms with E-state index >= 15 is 0 Å². The number of hydrogen-bond acceptors (Lipinski definition) is 5. The highest BCUT2D eigenvalue weighted by Gasteiger charge is 2.24. The van der Waals surface area contributed by atoms with Gasteiger partial charge in [-0.1, -0.05) is 42.5 Å². The number of benzene rings is 3. The minimum Gasteiger partial charge on any atom is -0.478 e. The van der Waals surface area contributed by atoms with E-state index in [1.807, 2.05) is 0 Å². The third-order valence-electron chi connectivity index (χ3n) is 4.38. The van der Waals surface area contributed by atoms with Gasteiger partial charge in [0.1, 0.15) is 11.5 Å². The molecule has 5 N–H and O–H groups in total. The molecule has 3 aromatic rings. The van der Waals surface area contributed by atoms with E-state index in [-0.39, 0.29) is 17.1 Å². The quantitative estimate of drug-likeness (QED) is 0.237. The van der Waals surface area contributed by atoms with Crippen molar-refractivity contribution in [2.75, 3.05) is 0 Å². The zero-order valence-electron chi connectivity index (χ0n) is 16.2. The van der Waals surface area contributed by atoms with Gasteiger partial charge in [0.2, 0.25) is 0 Å². The maximum atomic E-state index is 11.8. The monoisotopic (exact) mass is 480 g/mol. The highest BCUT2D eigenvalue weighted by molar-refractivity contribution is 7.47. The SMILES string of the molecule is O=C(O)c1ccccc1C(c1ccc(OP(=O)(O)O)cc1)c1ccc(OP(=O)(O)O)cc1. The van der Waals surface area contributed by atoms with Gasteiger partial charge in [-0.15, -0.1) is 0 Å². The number of rotatable bonds is 8. The minimum atomic E-state index is -4.74. The van der Waals surface area contributed by atoms with Gasteiger partial charge in [-0.2, -0.15) is 0 Å². The van der Waals surface area contributed by atoms with E-state index in [0.29, 0.717) is 16.7 Å². The molecule has 0 spiro atoms. The van der Waals surface area contributed by atoms with Crippen LogP contribution >= 0.6 is 15.6 Å². The Balaban J connectivity index is 2.08. The molecule has 0 fully saturated rings. The molecular formula is C20H18O10P2. The molecule has 12 heteroatoms. The van der Waals surface area contributed by atoms with Crippen molar-refractivity contribution >= 4 is 21.6 Å². The zero-order chi connectivity index (χ0) is 23.5. The summed E-state index contributed by atoms with van der Waals surface area (Å²) < 4.78 is 31.2. The summed E-state index contributed by atoms with van der Waals surface area (Å²) in [5.74, 6) is -1.92. The summed E-state index contributed by atoms with van der Waals surface area (Å²) in [6.07, 6.45) is 0. The van der Waals surface area contributed by atoms with Crippen LogP contribution in [0, 0.1) is 0 Å². The molecule has 0 bridgehead atoms. The van der Waals surface area contributed by atoms with Crippen molar-refractivity contribution in [3.05, 3.63) is 95.1 Å². The number of carbonyl (C=O) groups is 1. The molecule has 0 unspecified atom stereocenters. The Kier molecular flexibility index (Phi) is 6.85. The van der Waals surface area contributed by atoms with Crippen LogP contribution in [0.5, 0.6) is 11.5 Å². The second kappa shape index (κ2) is 9.26. The van der Waals surface area contributed by atoms with Crippen LogP contribution in [0.15, 0.2) is 72.8 Å². The summed E-state index contributed by atoms with van der Waals surface area (Å²) >= 11 is 0. The van der Waals surface area contributed by atoms with E-state index < -0.39 is 27.5 Å². The van der Waals surface area contributed by atoms with Gasteiger partial charge in [0.15, 0.2) is 0 Å². The number of hydrogen-bond donors (Lipinski definition) is 5. The lowest BCUT2D eigenvalue weighted by Crippen LogP contribution is -2.10. The summed E-state index contributed by atoms with van der Waals surface area (Å²) in [6, 6.07) is 17.8. The van der Waals surface area contributed by atoms with Crippen LogP contribution in [-0.2, 0) is 9.13 Å². The van der Waals surface area contributed by atoms with Crippen LogP contribution in [0.1, 0.15) is 33.0 Å². The molecule has 0 aliphatic rings. The first-order valence-electron chi connectivity index (χ1n) is 8.95. The molecule has 0 saturated carbocycles. The number of phosphoric ester groups is 2. The predicted molar refractivity (Wildman–Crippen MR) is 113 cm³/mol. The second-order valence-corrected chi connectivity index (χ2v) is 8.95. The summed E-state index contributed by atoms with van der Waals surface area (Å²) in [5.41, 5.74) is 1.65. The largest absolute Gasteiger partial charge is 0.524 e. The van der Waals surface area contributed by atoms with Crippen molar-refractivity contribution in [2.45, 2.75) is 5.92 Å². The molecule has 0 aliphatic carbocycles. The van der Waals surface area contributed by atoms with Crippen LogP contribution < -0.4 is 9.05 Å². The predicted octanol–water partition coefficient (Wildman–Crippen LogP) is 3.51. The Morgan fingerprint density at radius 3 is 1.47 bits per heavy atom. The zero-order valence-corrected chi connectivity index (χ0v) is 18.0. The topological polar surface area (TPSA) is 171 Å². The maximum Gasteiger partial charge on any atom is 0.524 e. The Labute approximate surface area is 182 Å². The lowest BCUT2D eigenvalue weighted by atomic mass is 9.83. The normalized spacial score (nSPS) is 11.9. The van der Waals surface area contributed by atoms with Gasteiger partial charge in [-0.25, -0.2) is 13.9 Å². The van der Waals surface area contributed by atoms with E-state index in [2.05, 4.69) is 9.05 Å². The average Bonchev–Trinajstić information content (AvgIpc) is 2.69. The van der Waals surface area contributed by atoms with Crippen LogP contribution in [0.4, 0.5) is 0 Å². The fourth-order valence-electron chi connectivity index (χ4n) is 3.21. The summed E-state index contributed by atoms with van der Waals surface area (Å²) in [4.78, 5) is 47.7. The first-order valence-corrected chi connectivity index (χ1v) is 12.0. The molecule has 10 nitrogen and oxygen atoms in total. The molecule has 0 aliphatic heterocycles. The number of carboxylic acid groups (broad SMARTS) is 1. The maximum absolute atomic E-state index is 11.8. The molecule has 0 aromatic heterocycles. The average molecular weight is 480 g/mol. The standard InChI is InChI=1S/C20H18O10P2/c21-20(22)18-4-2-1-3-17(18)19(13-5-9-15(10-6-13)29-31(23,24)25)14-7-11-16(12-8-14)30-32(26,27)28/h1-12,19H,(H,21,22)(H2,23,24,25)(H2,26,27,28). The van der Waals surface area contributed by atoms with Crippen molar-refractivity contribution in [1.82, 2.24) is 0 Å². The third kappa shape index (κ3) is 6.27. The van der Waals surface area contributed by atoms with Crippen molar-refractivity contribution in [3.8, 4) is 11.5 Å². The second-order valence-electron chi connectivity index (χ2n) is 6.63. The van der Waals surface area contributed by atoms with Crippen LogP contribution in [-0.4, -0.2) is 30.6 Å². The first kappa shape index (κ1) is 23.7. The highest BCUT2D eigenvalue weighted by Crippen LogP contribution is 2.41. The molecule has 168 valence electrons. The molecule has 0 amide bonds. The van der Waals surface area contributed by atoms with Crippen LogP contribution in [0.3, 0.4) is 0 Å². The van der Waals surface area contributed by atoms with Gasteiger partial charge in [0.05, 0.1) is 5.56 Å². The molecule has 0 atom stereocenters. The Morgan fingerprint density at radius 1 is 0.688 bits per heavy atom. The van der Waals surface area contributed by atoms with Crippen LogP contribution in [0.2, 0.25) is 0 Å². The van der Waals surface area contributed by atoms with Crippen molar-refractivity contribution in [1.29, 1.82) is 0 Å². The molecule has 0 radical (unpaired) electrons. The van der Waals surface area contributed by atoms with Gasteiger partial charge in [-0.05, 0) is 47.0 Å². The number of carboxylic acids is 1. The van der Waals surface area contributed by atoms with Gasteiger partial charge in [-0.3, -0.25) is 19.6 Å². The Morgan fingerprint density at radius 2 is 1.09 bits per heavy atom. The fourth-order valence-corrected chi connectivity index (χ4v) is 4.00. The fraction of sp³-hybridized carbons (Fsp3) is 0.0500. The molecule has 0 heterocycles. The summed E-state index contributed by atoms with van der Waals surface area (Å²) in [5, 5.41) is 9.64. The van der Waals surface area contributed by atoms with E-state index in [0.717, 1.165) is 0 Å². The smallest absolute Gasteiger partial charge is 0.478 e. The Bertz CT molecular complexity index is 1130. The number of aromatic carboxylic acids is 1. The van der Waals surface area contributed by atoms with E-state index in [1.54, 1.807) is 18.2 Å². The lowest BCUT2D eigenvalue weighted by molar-refractivity contribution is 0.0695. The van der Waals surface area contributed by atoms with E-state index in [9.17, 15) is 19.0 Å². The minimum absolute atomic E-state index is 0.0450.